The van der Waals surface area contributed by atoms with Gasteiger partial charge in [-0.05, 0) is 18.4 Å². The number of rotatable bonds is 10. The molecule has 0 aromatic heterocycles. The predicted molar refractivity (Wildman–Crippen MR) is 102 cm³/mol. The molecule has 0 atom stereocenters. The third-order valence-corrected chi connectivity index (χ3v) is 2.97. The Bertz CT molecular complexity index is 388. The average molecular weight is 421 g/mol. The van der Waals surface area contributed by atoms with Crippen molar-refractivity contribution < 1.29 is 9.47 Å². The van der Waals surface area contributed by atoms with Gasteiger partial charge in [-0.1, -0.05) is 30.3 Å². The summed E-state index contributed by atoms with van der Waals surface area (Å²) in [4.78, 5) is 4.21. The molecular formula is C16H28IN3O2. The number of aliphatic imine (C=N–C) groups is 1. The molecule has 0 bridgehead atoms. The van der Waals surface area contributed by atoms with Crippen LogP contribution in [0.1, 0.15) is 18.4 Å². The Balaban J connectivity index is 0.00000441. The lowest BCUT2D eigenvalue weighted by molar-refractivity contribution is 0.0689. The molecule has 0 fully saturated rings. The highest BCUT2D eigenvalue weighted by molar-refractivity contribution is 14.0. The topological polar surface area (TPSA) is 54.9 Å². The third-order valence-electron chi connectivity index (χ3n) is 2.97. The van der Waals surface area contributed by atoms with Gasteiger partial charge in [0.1, 0.15) is 0 Å². The van der Waals surface area contributed by atoms with E-state index in [-0.39, 0.29) is 24.0 Å². The van der Waals surface area contributed by atoms with E-state index in [1.165, 1.54) is 5.56 Å². The Labute approximate surface area is 150 Å². The van der Waals surface area contributed by atoms with E-state index < -0.39 is 0 Å². The molecule has 0 spiro atoms. The van der Waals surface area contributed by atoms with Crippen LogP contribution in [0.25, 0.3) is 0 Å². The Morgan fingerprint density at radius 1 is 1.05 bits per heavy atom. The van der Waals surface area contributed by atoms with Gasteiger partial charge < -0.3 is 20.1 Å². The highest BCUT2D eigenvalue weighted by atomic mass is 127. The summed E-state index contributed by atoms with van der Waals surface area (Å²) in [5, 5.41) is 6.60. The smallest absolute Gasteiger partial charge is 0.191 e. The van der Waals surface area contributed by atoms with Gasteiger partial charge in [0.2, 0.25) is 0 Å². The van der Waals surface area contributed by atoms with Gasteiger partial charge in [0, 0.05) is 33.9 Å². The van der Waals surface area contributed by atoms with E-state index in [1.54, 1.807) is 14.2 Å². The van der Waals surface area contributed by atoms with Crippen LogP contribution in [-0.2, 0) is 16.0 Å². The monoisotopic (exact) mass is 421 g/mol. The molecule has 0 amide bonds. The SMILES string of the molecule is CN=C(NCCCCOCCOC)NCc1ccccc1.I. The van der Waals surface area contributed by atoms with Crippen molar-refractivity contribution >= 4 is 29.9 Å². The molecule has 5 nitrogen and oxygen atoms in total. The van der Waals surface area contributed by atoms with Gasteiger partial charge in [-0.3, -0.25) is 4.99 Å². The fourth-order valence-corrected chi connectivity index (χ4v) is 1.78. The number of ether oxygens (including phenoxy) is 2. The molecule has 1 aromatic rings. The molecule has 0 saturated carbocycles. The van der Waals surface area contributed by atoms with Crippen LogP contribution in [0.4, 0.5) is 0 Å². The largest absolute Gasteiger partial charge is 0.382 e. The number of benzene rings is 1. The van der Waals surface area contributed by atoms with Crippen molar-refractivity contribution in [3.8, 4) is 0 Å². The van der Waals surface area contributed by atoms with Crippen molar-refractivity contribution in [2.75, 3.05) is 40.5 Å². The van der Waals surface area contributed by atoms with Gasteiger partial charge in [0.15, 0.2) is 5.96 Å². The molecule has 0 saturated heterocycles. The first-order valence-electron chi connectivity index (χ1n) is 7.42. The second-order valence-corrected chi connectivity index (χ2v) is 4.65. The third kappa shape index (κ3) is 10.8. The molecular weight excluding hydrogens is 393 g/mol. The molecule has 6 heteroatoms. The van der Waals surface area contributed by atoms with Gasteiger partial charge >= 0.3 is 0 Å². The van der Waals surface area contributed by atoms with Crippen LogP contribution in [-0.4, -0.2) is 46.5 Å². The lowest BCUT2D eigenvalue weighted by Gasteiger charge is -2.12. The standard InChI is InChI=1S/C16H27N3O2.HI/c1-17-16(19-14-15-8-4-3-5-9-15)18-10-6-7-11-21-13-12-20-2;/h3-5,8-9H,6-7,10-14H2,1-2H3,(H2,17,18,19);1H. The minimum atomic E-state index is 0. The van der Waals surface area contributed by atoms with E-state index in [0.717, 1.165) is 38.5 Å². The molecule has 1 aromatic carbocycles. The Kier molecular flexibility index (Phi) is 14.5. The van der Waals surface area contributed by atoms with Crippen LogP contribution < -0.4 is 10.6 Å². The first-order chi connectivity index (χ1) is 10.4. The number of nitrogens with one attached hydrogen (secondary N) is 2. The summed E-state index contributed by atoms with van der Waals surface area (Å²) in [5.41, 5.74) is 1.24. The highest BCUT2D eigenvalue weighted by Crippen LogP contribution is 1.97. The Morgan fingerprint density at radius 3 is 2.50 bits per heavy atom. The van der Waals surface area contributed by atoms with Gasteiger partial charge in [0.25, 0.3) is 0 Å². The summed E-state index contributed by atoms with van der Waals surface area (Å²) in [6.07, 6.45) is 2.09. The number of methoxy groups -OCH3 is 1. The Hall–Kier alpha value is -0.860. The fourth-order valence-electron chi connectivity index (χ4n) is 1.78. The maximum absolute atomic E-state index is 5.41. The van der Waals surface area contributed by atoms with Crippen molar-refractivity contribution in [2.24, 2.45) is 4.99 Å². The minimum Gasteiger partial charge on any atom is -0.382 e. The summed E-state index contributed by atoms with van der Waals surface area (Å²) < 4.78 is 10.3. The van der Waals surface area contributed by atoms with E-state index in [1.807, 2.05) is 18.2 Å². The van der Waals surface area contributed by atoms with Crippen molar-refractivity contribution in [3.63, 3.8) is 0 Å². The maximum atomic E-state index is 5.41. The van der Waals surface area contributed by atoms with Crippen LogP contribution >= 0.6 is 24.0 Å². The van der Waals surface area contributed by atoms with Gasteiger partial charge in [-0.15, -0.1) is 24.0 Å². The zero-order valence-corrected chi connectivity index (χ0v) is 15.8. The second-order valence-electron chi connectivity index (χ2n) is 4.65. The molecule has 0 aliphatic carbocycles. The van der Waals surface area contributed by atoms with Crippen LogP contribution in [0.15, 0.2) is 35.3 Å². The van der Waals surface area contributed by atoms with Crippen molar-refractivity contribution in [1.82, 2.24) is 10.6 Å². The van der Waals surface area contributed by atoms with Gasteiger partial charge in [-0.2, -0.15) is 0 Å². The van der Waals surface area contributed by atoms with Crippen LogP contribution in [0.2, 0.25) is 0 Å². The van der Waals surface area contributed by atoms with E-state index in [2.05, 4.69) is 27.8 Å². The molecule has 0 aliphatic heterocycles. The summed E-state index contributed by atoms with van der Waals surface area (Å²) in [5.74, 6) is 0.833. The lowest BCUT2D eigenvalue weighted by Crippen LogP contribution is -2.37. The van der Waals surface area contributed by atoms with Crippen molar-refractivity contribution in [3.05, 3.63) is 35.9 Å². The molecule has 126 valence electrons. The zero-order chi connectivity index (χ0) is 15.2. The number of unbranched alkanes of at least 4 members (excludes halogenated alkanes) is 1. The summed E-state index contributed by atoms with van der Waals surface area (Å²) in [7, 11) is 3.47. The predicted octanol–water partition coefficient (Wildman–Crippen LogP) is 2.41. The quantitative estimate of drug-likeness (QED) is 0.264. The summed E-state index contributed by atoms with van der Waals surface area (Å²) >= 11 is 0. The van der Waals surface area contributed by atoms with E-state index in [4.69, 9.17) is 9.47 Å². The molecule has 0 unspecified atom stereocenters. The van der Waals surface area contributed by atoms with Crippen molar-refractivity contribution in [2.45, 2.75) is 19.4 Å². The molecule has 1 rings (SSSR count). The number of hydrogen-bond acceptors (Lipinski definition) is 3. The molecule has 22 heavy (non-hydrogen) atoms. The van der Waals surface area contributed by atoms with E-state index in [9.17, 15) is 0 Å². The van der Waals surface area contributed by atoms with Gasteiger partial charge in [-0.25, -0.2) is 0 Å². The molecule has 0 heterocycles. The molecule has 0 radical (unpaired) electrons. The van der Waals surface area contributed by atoms with Crippen molar-refractivity contribution in [1.29, 1.82) is 0 Å². The summed E-state index contributed by atoms with van der Waals surface area (Å²) in [6.45, 7) is 3.78. The Morgan fingerprint density at radius 2 is 1.82 bits per heavy atom. The van der Waals surface area contributed by atoms with E-state index >= 15 is 0 Å². The highest BCUT2D eigenvalue weighted by Gasteiger charge is 1.97. The maximum Gasteiger partial charge on any atom is 0.191 e. The van der Waals surface area contributed by atoms with Gasteiger partial charge in [0.05, 0.1) is 13.2 Å². The first kappa shape index (κ1) is 21.1. The average Bonchev–Trinajstić information content (AvgIpc) is 2.54. The first-order valence-corrected chi connectivity index (χ1v) is 7.42. The van der Waals surface area contributed by atoms with Crippen LogP contribution in [0.5, 0.6) is 0 Å². The number of nitrogens with zero attached hydrogens (tertiary/aromatic N) is 1. The zero-order valence-electron chi connectivity index (χ0n) is 13.5. The van der Waals surface area contributed by atoms with E-state index in [0.29, 0.717) is 13.2 Å². The second kappa shape index (κ2) is 15.1. The van der Waals surface area contributed by atoms with Crippen LogP contribution in [0, 0.1) is 0 Å². The molecule has 2 N–H and O–H groups in total. The number of halogens is 1. The molecule has 0 aliphatic rings. The lowest BCUT2D eigenvalue weighted by atomic mass is 10.2. The number of guanidine groups is 1. The fraction of sp³-hybridized carbons (Fsp3) is 0.562. The van der Waals surface area contributed by atoms with Crippen LogP contribution in [0.3, 0.4) is 0 Å². The summed E-state index contributed by atoms with van der Waals surface area (Å²) in [6, 6.07) is 10.3. The minimum absolute atomic E-state index is 0. The normalized spacial score (nSPS) is 10.9. The number of hydrogen-bond donors (Lipinski definition) is 2.